The second kappa shape index (κ2) is 7.49. The van der Waals surface area contributed by atoms with E-state index in [-0.39, 0.29) is 11.2 Å². The largest absolute Gasteiger partial charge is 0.497 e. The number of nitrogens with zero attached hydrogens (tertiary/aromatic N) is 2. The Morgan fingerprint density at radius 3 is 2.40 bits per heavy atom. The Kier molecular flexibility index (Phi) is 5.48. The van der Waals surface area contributed by atoms with Crippen LogP contribution in [0.4, 0.5) is 10.1 Å². The summed E-state index contributed by atoms with van der Waals surface area (Å²) < 4.78 is 26.3. The lowest BCUT2D eigenvalue weighted by molar-refractivity contribution is 0.00578. The second-order valence-corrected chi connectivity index (χ2v) is 8.95. The molecule has 1 aliphatic heterocycles. The van der Waals surface area contributed by atoms with Gasteiger partial charge in [0.05, 0.1) is 22.7 Å². The molecule has 156 valence electrons. The van der Waals surface area contributed by atoms with Crippen LogP contribution in [-0.4, -0.2) is 29.2 Å². The number of hydrogen-bond donors (Lipinski definition) is 1. The molecule has 3 rings (SSSR count). The molecular weight excluding hydrogens is 384 g/mol. The molecule has 1 aliphatic rings. The van der Waals surface area contributed by atoms with Crippen molar-refractivity contribution in [1.29, 1.82) is 5.26 Å². The summed E-state index contributed by atoms with van der Waals surface area (Å²) in [7, 11) is -0.885. The molecule has 1 amide bonds. The molecule has 2 heterocycles. The van der Waals surface area contributed by atoms with Gasteiger partial charge in [0.2, 0.25) is 0 Å². The van der Waals surface area contributed by atoms with E-state index in [1.165, 1.54) is 24.4 Å². The van der Waals surface area contributed by atoms with Crippen molar-refractivity contribution < 1.29 is 18.5 Å². The van der Waals surface area contributed by atoms with Gasteiger partial charge in [0.15, 0.2) is 0 Å². The van der Waals surface area contributed by atoms with Gasteiger partial charge >= 0.3 is 7.12 Å². The molecule has 0 unspecified atom stereocenters. The van der Waals surface area contributed by atoms with E-state index >= 15 is 0 Å². The predicted molar refractivity (Wildman–Crippen MR) is 113 cm³/mol. The van der Waals surface area contributed by atoms with E-state index < -0.39 is 35.5 Å². The first-order chi connectivity index (χ1) is 13.9. The highest BCUT2D eigenvalue weighted by Gasteiger charge is 2.52. The maximum Gasteiger partial charge on any atom is 0.497 e. The smallest absolute Gasteiger partial charge is 0.399 e. The summed E-state index contributed by atoms with van der Waals surface area (Å²) >= 11 is 0. The predicted octanol–water partition coefficient (Wildman–Crippen LogP) is 3.57. The Balaban J connectivity index is 1.84. The Hall–Kier alpha value is -2.76. The summed E-state index contributed by atoms with van der Waals surface area (Å²) in [4.78, 5) is 16.8. The average molecular weight is 409 g/mol. The van der Waals surface area contributed by atoms with E-state index in [0.717, 1.165) is 0 Å². The standard InChI is InChI=1S/C22H25BFN3O3/c1-20(2,13-25)14-9-10-26-18(11-14)19(28)27-15-7-8-17(24)16(12-15)23-29-21(3,4)22(5,6)30-23/h7-12H,1-6H3,(H,27,28). The Labute approximate surface area is 176 Å². The highest BCUT2D eigenvalue weighted by atomic mass is 19.1. The Morgan fingerprint density at radius 1 is 1.17 bits per heavy atom. The number of carbonyl (C=O) groups is 1. The van der Waals surface area contributed by atoms with E-state index in [1.54, 1.807) is 26.0 Å². The van der Waals surface area contributed by atoms with E-state index in [1.807, 2.05) is 27.7 Å². The van der Waals surface area contributed by atoms with Crippen LogP contribution >= 0.6 is 0 Å². The normalized spacial score (nSPS) is 17.5. The molecule has 8 heteroatoms. The Bertz CT molecular complexity index is 1010. The lowest BCUT2D eigenvalue weighted by atomic mass is 9.78. The van der Waals surface area contributed by atoms with Gasteiger partial charge in [0.25, 0.3) is 5.91 Å². The van der Waals surface area contributed by atoms with Crippen molar-refractivity contribution in [3.05, 3.63) is 53.6 Å². The number of nitrogens with one attached hydrogen (secondary N) is 1. The monoisotopic (exact) mass is 409 g/mol. The Morgan fingerprint density at radius 2 is 1.80 bits per heavy atom. The average Bonchev–Trinajstić information content (AvgIpc) is 2.90. The molecule has 1 aromatic carbocycles. The SMILES string of the molecule is CC(C)(C#N)c1ccnc(C(=O)Nc2ccc(F)c(B3OC(C)(C)C(C)(C)O3)c2)c1. The third-order valence-corrected chi connectivity index (χ3v) is 5.75. The van der Waals surface area contributed by atoms with Gasteiger partial charge in [-0.25, -0.2) is 4.39 Å². The zero-order valence-electron chi connectivity index (χ0n) is 18.0. The number of halogens is 1. The van der Waals surface area contributed by atoms with Crippen LogP contribution in [0.25, 0.3) is 0 Å². The number of carbonyl (C=O) groups excluding carboxylic acids is 1. The van der Waals surface area contributed by atoms with Gasteiger partial charge in [-0.15, -0.1) is 0 Å². The number of hydrogen-bond acceptors (Lipinski definition) is 5. The van der Waals surface area contributed by atoms with Crippen LogP contribution in [0.15, 0.2) is 36.5 Å². The first-order valence-electron chi connectivity index (χ1n) is 9.70. The number of nitriles is 1. The number of benzene rings is 1. The lowest BCUT2D eigenvalue weighted by Crippen LogP contribution is -2.41. The van der Waals surface area contributed by atoms with E-state index in [0.29, 0.717) is 11.3 Å². The van der Waals surface area contributed by atoms with Crippen LogP contribution in [0.2, 0.25) is 0 Å². The summed E-state index contributed by atoms with van der Waals surface area (Å²) in [5, 5.41) is 12.0. The third-order valence-electron chi connectivity index (χ3n) is 5.75. The van der Waals surface area contributed by atoms with Gasteiger partial charge in [0.1, 0.15) is 11.5 Å². The minimum absolute atomic E-state index is 0.164. The van der Waals surface area contributed by atoms with Gasteiger partial charge in [-0.05, 0) is 77.4 Å². The van der Waals surface area contributed by atoms with Crippen molar-refractivity contribution >= 4 is 24.2 Å². The van der Waals surface area contributed by atoms with Crippen LogP contribution in [0, 0.1) is 17.1 Å². The fourth-order valence-corrected chi connectivity index (χ4v) is 2.98. The molecule has 1 fully saturated rings. The van der Waals surface area contributed by atoms with Crippen molar-refractivity contribution in [2.45, 2.75) is 58.2 Å². The minimum atomic E-state index is -0.885. The van der Waals surface area contributed by atoms with Crippen molar-refractivity contribution in [3.63, 3.8) is 0 Å². The highest BCUT2D eigenvalue weighted by Crippen LogP contribution is 2.36. The summed E-state index contributed by atoms with van der Waals surface area (Å²) in [5.41, 5.74) is -0.531. The molecule has 1 aromatic heterocycles. The molecule has 2 aromatic rings. The van der Waals surface area contributed by atoms with Gasteiger partial charge in [-0.2, -0.15) is 5.26 Å². The highest BCUT2D eigenvalue weighted by molar-refractivity contribution is 6.62. The van der Waals surface area contributed by atoms with Crippen LogP contribution in [0.1, 0.15) is 57.6 Å². The van der Waals surface area contributed by atoms with Crippen molar-refractivity contribution in [3.8, 4) is 6.07 Å². The molecule has 0 spiro atoms. The molecule has 1 N–H and O–H groups in total. The maximum absolute atomic E-state index is 14.5. The zero-order chi connectivity index (χ0) is 22.3. The molecule has 0 bridgehead atoms. The molecule has 0 radical (unpaired) electrons. The van der Waals surface area contributed by atoms with Crippen molar-refractivity contribution in [2.24, 2.45) is 0 Å². The maximum atomic E-state index is 14.5. The van der Waals surface area contributed by atoms with Crippen LogP contribution < -0.4 is 10.8 Å². The van der Waals surface area contributed by atoms with Crippen molar-refractivity contribution in [2.75, 3.05) is 5.32 Å². The quantitative estimate of drug-likeness (QED) is 0.781. The van der Waals surface area contributed by atoms with Crippen LogP contribution in [-0.2, 0) is 14.7 Å². The molecule has 0 saturated carbocycles. The van der Waals surface area contributed by atoms with E-state index in [4.69, 9.17) is 9.31 Å². The topological polar surface area (TPSA) is 84.2 Å². The number of aromatic nitrogens is 1. The lowest BCUT2D eigenvalue weighted by Gasteiger charge is -2.32. The third kappa shape index (κ3) is 4.09. The summed E-state index contributed by atoms with van der Waals surface area (Å²) in [5.74, 6) is -0.945. The van der Waals surface area contributed by atoms with Crippen LogP contribution in [0.3, 0.4) is 0 Å². The number of pyridine rings is 1. The van der Waals surface area contributed by atoms with Gasteiger partial charge < -0.3 is 14.6 Å². The zero-order valence-corrected chi connectivity index (χ0v) is 18.0. The van der Waals surface area contributed by atoms with Crippen LogP contribution in [0.5, 0.6) is 0 Å². The number of amides is 1. The number of anilines is 1. The van der Waals surface area contributed by atoms with E-state index in [2.05, 4.69) is 16.4 Å². The number of rotatable bonds is 4. The fourth-order valence-electron chi connectivity index (χ4n) is 2.98. The molecule has 0 atom stereocenters. The molecule has 0 aliphatic carbocycles. The summed E-state index contributed by atoms with van der Waals surface area (Å²) in [6, 6.07) is 9.71. The first kappa shape index (κ1) is 21.9. The van der Waals surface area contributed by atoms with E-state index in [9.17, 15) is 14.4 Å². The fraction of sp³-hybridized carbons (Fsp3) is 0.409. The van der Waals surface area contributed by atoms with Gasteiger partial charge in [0, 0.05) is 17.3 Å². The molecule has 6 nitrogen and oxygen atoms in total. The summed E-state index contributed by atoms with van der Waals surface area (Å²) in [6.45, 7) is 11.1. The van der Waals surface area contributed by atoms with Gasteiger partial charge in [-0.1, -0.05) is 0 Å². The molecule has 1 saturated heterocycles. The van der Waals surface area contributed by atoms with Crippen molar-refractivity contribution in [1.82, 2.24) is 4.98 Å². The minimum Gasteiger partial charge on any atom is -0.399 e. The first-order valence-corrected chi connectivity index (χ1v) is 9.70. The molecular formula is C22H25BFN3O3. The summed E-state index contributed by atoms with van der Waals surface area (Å²) in [6.07, 6.45) is 1.49. The molecule has 30 heavy (non-hydrogen) atoms. The van der Waals surface area contributed by atoms with Gasteiger partial charge in [-0.3, -0.25) is 9.78 Å². The second-order valence-electron chi connectivity index (χ2n) is 8.95.